The molecule has 6 heteroatoms. The average molecular weight is 521 g/mol. The Morgan fingerprint density at radius 2 is 1.36 bits per heavy atom. The molecule has 0 saturated heterocycles. The third-order valence-electron chi connectivity index (χ3n) is 5.44. The SMILES string of the molecule is C=C/C(=C(\C=C)c1cc(C(=O)OCC)c(-c2ccc(Cl)cc2Cl)cc1C(=O)OCC)c1ccccc1. The van der Waals surface area contributed by atoms with Crippen LogP contribution in [-0.2, 0) is 9.47 Å². The maximum Gasteiger partial charge on any atom is 0.338 e. The molecule has 0 atom stereocenters. The molecule has 0 aliphatic carbocycles. The van der Waals surface area contributed by atoms with Crippen molar-refractivity contribution in [2.24, 2.45) is 0 Å². The summed E-state index contributed by atoms with van der Waals surface area (Å²) in [5.41, 5.74) is 4.11. The second-order valence-electron chi connectivity index (χ2n) is 7.61. The van der Waals surface area contributed by atoms with Gasteiger partial charge in [0.1, 0.15) is 0 Å². The minimum absolute atomic E-state index is 0.174. The van der Waals surface area contributed by atoms with Gasteiger partial charge in [-0.25, -0.2) is 9.59 Å². The number of ether oxygens (including phenoxy) is 2. The van der Waals surface area contributed by atoms with Crippen LogP contribution < -0.4 is 0 Å². The van der Waals surface area contributed by atoms with Gasteiger partial charge in [-0.2, -0.15) is 0 Å². The molecule has 0 saturated carbocycles. The monoisotopic (exact) mass is 520 g/mol. The maximum absolute atomic E-state index is 13.2. The lowest BCUT2D eigenvalue weighted by atomic mass is 9.87. The zero-order valence-electron chi connectivity index (χ0n) is 20.1. The van der Waals surface area contributed by atoms with Crippen LogP contribution in [0.3, 0.4) is 0 Å². The number of benzene rings is 3. The van der Waals surface area contributed by atoms with E-state index in [1.807, 2.05) is 30.3 Å². The summed E-state index contributed by atoms with van der Waals surface area (Å²) in [6.45, 7) is 11.8. The Morgan fingerprint density at radius 1 is 0.750 bits per heavy atom. The van der Waals surface area contributed by atoms with E-state index in [-0.39, 0.29) is 24.3 Å². The van der Waals surface area contributed by atoms with Gasteiger partial charge in [0.25, 0.3) is 0 Å². The predicted molar refractivity (Wildman–Crippen MR) is 147 cm³/mol. The van der Waals surface area contributed by atoms with Crippen LogP contribution in [0.5, 0.6) is 0 Å². The first-order valence-electron chi connectivity index (χ1n) is 11.4. The molecule has 0 N–H and O–H groups in total. The Hall–Kier alpha value is -3.60. The largest absolute Gasteiger partial charge is 0.462 e. The van der Waals surface area contributed by atoms with Crippen LogP contribution in [0, 0.1) is 0 Å². The van der Waals surface area contributed by atoms with Gasteiger partial charge < -0.3 is 9.47 Å². The molecule has 0 bridgehead atoms. The first-order valence-corrected chi connectivity index (χ1v) is 12.1. The summed E-state index contributed by atoms with van der Waals surface area (Å²) < 4.78 is 10.7. The van der Waals surface area contributed by atoms with E-state index >= 15 is 0 Å². The van der Waals surface area contributed by atoms with E-state index in [1.165, 1.54) is 0 Å². The van der Waals surface area contributed by atoms with E-state index in [0.29, 0.717) is 32.3 Å². The zero-order chi connectivity index (χ0) is 26.2. The van der Waals surface area contributed by atoms with Crippen molar-refractivity contribution in [3.63, 3.8) is 0 Å². The highest BCUT2D eigenvalue weighted by atomic mass is 35.5. The molecular weight excluding hydrogens is 495 g/mol. The third kappa shape index (κ3) is 5.78. The molecule has 0 unspecified atom stereocenters. The van der Waals surface area contributed by atoms with Crippen molar-refractivity contribution >= 4 is 46.3 Å². The Labute approximate surface area is 221 Å². The molecule has 4 nitrogen and oxygen atoms in total. The molecule has 0 heterocycles. The number of halogens is 2. The van der Waals surface area contributed by atoms with Crippen LogP contribution in [0.2, 0.25) is 10.0 Å². The van der Waals surface area contributed by atoms with Crippen LogP contribution in [0.1, 0.15) is 45.7 Å². The van der Waals surface area contributed by atoms with Gasteiger partial charge in [-0.3, -0.25) is 0 Å². The smallest absolute Gasteiger partial charge is 0.338 e. The summed E-state index contributed by atoms with van der Waals surface area (Å²) >= 11 is 12.6. The summed E-state index contributed by atoms with van der Waals surface area (Å²) in [6.07, 6.45) is 3.32. The van der Waals surface area contributed by atoms with E-state index in [9.17, 15) is 9.59 Å². The third-order valence-corrected chi connectivity index (χ3v) is 5.99. The molecule has 3 aromatic rings. The van der Waals surface area contributed by atoms with Crippen molar-refractivity contribution in [2.75, 3.05) is 13.2 Å². The number of esters is 2. The van der Waals surface area contributed by atoms with Crippen LogP contribution in [0.15, 0.2) is 86.0 Å². The van der Waals surface area contributed by atoms with Crippen molar-refractivity contribution in [1.29, 1.82) is 0 Å². The summed E-state index contributed by atoms with van der Waals surface area (Å²) in [5, 5.41) is 0.769. The standard InChI is InChI=1S/C30H26Cl2O4/c1-5-21(19-12-10-9-11-13-19)22(6-2)24-17-27(30(34)36-8-4)25(18-26(24)29(33)35-7-3)23-15-14-20(31)16-28(23)32/h5-6,9-18H,1-2,7-8H2,3-4H3/b22-21-. The van der Waals surface area contributed by atoms with Crippen LogP contribution in [0.25, 0.3) is 22.3 Å². The summed E-state index contributed by atoms with van der Waals surface area (Å²) in [4.78, 5) is 26.3. The minimum Gasteiger partial charge on any atom is -0.462 e. The fourth-order valence-corrected chi connectivity index (χ4v) is 4.39. The summed E-state index contributed by atoms with van der Waals surface area (Å²) in [6, 6.07) is 17.7. The second-order valence-corrected chi connectivity index (χ2v) is 8.45. The normalized spacial score (nSPS) is 11.3. The van der Waals surface area contributed by atoms with Gasteiger partial charge in [0.2, 0.25) is 0 Å². The Balaban J connectivity index is 2.45. The molecule has 3 rings (SSSR count). The van der Waals surface area contributed by atoms with Gasteiger partial charge in [0.05, 0.1) is 24.3 Å². The predicted octanol–water partition coefficient (Wildman–Crippen LogP) is 8.30. The number of hydrogen-bond acceptors (Lipinski definition) is 4. The summed E-state index contributed by atoms with van der Waals surface area (Å²) in [5.74, 6) is -1.11. The number of rotatable bonds is 9. The summed E-state index contributed by atoms with van der Waals surface area (Å²) in [7, 11) is 0. The van der Waals surface area contributed by atoms with E-state index in [2.05, 4.69) is 13.2 Å². The number of carbonyl (C=O) groups is 2. The van der Waals surface area contributed by atoms with Crippen LogP contribution in [0.4, 0.5) is 0 Å². The van der Waals surface area contributed by atoms with Crippen molar-refractivity contribution in [3.8, 4) is 11.1 Å². The van der Waals surface area contributed by atoms with Gasteiger partial charge in [-0.1, -0.05) is 84.9 Å². The Bertz CT molecular complexity index is 1340. The highest BCUT2D eigenvalue weighted by molar-refractivity contribution is 6.36. The van der Waals surface area contributed by atoms with Gasteiger partial charge in [-0.05, 0) is 65.9 Å². The minimum atomic E-state index is -0.557. The Morgan fingerprint density at radius 3 is 1.92 bits per heavy atom. The Kier molecular flexibility index (Phi) is 9.29. The highest BCUT2D eigenvalue weighted by Gasteiger charge is 2.25. The van der Waals surface area contributed by atoms with Crippen LogP contribution in [-0.4, -0.2) is 25.2 Å². The lowest BCUT2D eigenvalue weighted by molar-refractivity contribution is 0.0512. The van der Waals surface area contributed by atoms with Gasteiger partial charge in [0.15, 0.2) is 0 Å². The molecule has 0 aliphatic heterocycles. The molecule has 0 aromatic heterocycles. The van der Waals surface area contributed by atoms with E-state index < -0.39 is 11.9 Å². The maximum atomic E-state index is 13.2. The van der Waals surface area contributed by atoms with E-state index in [0.717, 1.165) is 11.1 Å². The molecule has 0 fully saturated rings. The molecule has 0 aliphatic rings. The molecule has 184 valence electrons. The first kappa shape index (κ1) is 27.0. The fraction of sp³-hybridized carbons (Fsp3) is 0.133. The molecule has 3 aromatic carbocycles. The van der Waals surface area contributed by atoms with Crippen molar-refractivity contribution in [3.05, 3.63) is 118 Å². The molecular formula is C30H26Cl2O4. The molecule has 0 amide bonds. The number of hydrogen-bond donors (Lipinski definition) is 0. The molecule has 0 spiro atoms. The first-order chi connectivity index (χ1) is 17.4. The fourth-order valence-electron chi connectivity index (χ4n) is 3.87. The average Bonchev–Trinajstić information content (AvgIpc) is 2.87. The second kappa shape index (κ2) is 12.4. The van der Waals surface area contributed by atoms with Crippen LogP contribution >= 0.6 is 23.2 Å². The van der Waals surface area contributed by atoms with Gasteiger partial charge in [0, 0.05) is 15.6 Å². The van der Waals surface area contributed by atoms with Crippen molar-refractivity contribution in [1.82, 2.24) is 0 Å². The quantitative estimate of drug-likeness (QED) is 0.162. The van der Waals surface area contributed by atoms with Crippen molar-refractivity contribution < 1.29 is 19.1 Å². The van der Waals surface area contributed by atoms with E-state index in [1.54, 1.807) is 56.3 Å². The van der Waals surface area contributed by atoms with Crippen molar-refractivity contribution in [2.45, 2.75) is 13.8 Å². The zero-order valence-corrected chi connectivity index (χ0v) is 21.7. The lowest BCUT2D eigenvalue weighted by Crippen LogP contribution is -2.13. The van der Waals surface area contributed by atoms with Gasteiger partial charge in [-0.15, -0.1) is 0 Å². The molecule has 0 radical (unpaired) electrons. The topological polar surface area (TPSA) is 52.6 Å². The van der Waals surface area contributed by atoms with E-state index in [4.69, 9.17) is 32.7 Å². The number of carbonyl (C=O) groups excluding carboxylic acids is 2. The molecule has 36 heavy (non-hydrogen) atoms. The lowest BCUT2D eigenvalue weighted by Gasteiger charge is -2.19. The number of allylic oxidation sites excluding steroid dienone is 4. The highest BCUT2D eigenvalue weighted by Crippen LogP contribution is 2.38. The van der Waals surface area contributed by atoms with Gasteiger partial charge >= 0.3 is 11.9 Å².